The molecule has 21 heavy (non-hydrogen) atoms. The fraction of sp³-hybridized carbons (Fsp3) is 0.133. The number of aryl methyl sites for hydroxylation is 2. The van der Waals surface area contributed by atoms with Crippen LogP contribution in [0.4, 0.5) is 11.5 Å². The molecule has 0 radical (unpaired) electrons. The van der Waals surface area contributed by atoms with Crippen LogP contribution in [0.2, 0.25) is 5.02 Å². The van der Waals surface area contributed by atoms with Crippen LogP contribution in [0, 0.1) is 25.2 Å². The van der Waals surface area contributed by atoms with Crippen molar-refractivity contribution in [2.45, 2.75) is 13.8 Å². The number of rotatable bonds is 3. The first-order valence-electron chi connectivity index (χ1n) is 6.10. The number of aromatic nitrogens is 1. The average Bonchev–Trinajstić information content (AvgIpc) is 2.40. The molecule has 0 aliphatic carbocycles. The topological polar surface area (TPSA) is 86.0 Å². The van der Waals surface area contributed by atoms with Gasteiger partial charge in [0, 0.05) is 11.4 Å². The van der Waals surface area contributed by atoms with Gasteiger partial charge in [-0.3, -0.25) is 0 Å². The van der Waals surface area contributed by atoms with Gasteiger partial charge in [0.15, 0.2) is 0 Å². The maximum absolute atomic E-state index is 11.1. The van der Waals surface area contributed by atoms with Gasteiger partial charge in [-0.2, -0.15) is 5.26 Å². The molecule has 106 valence electrons. The molecule has 0 amide bonds. The first-order valence-corrected chi connectivity index (χ1v) is 6.48. The van der Waals surface area contributed by atoms with Gasteiger partial charge in [0.05, 0.1) is 16.1 Å². The first-order chi connectivity index (χ1) is 9.92. The molecule has 0 atom stereocenters. The second-order valence-electron chi connectivity index (χ2n) is 4.54. The Bertz CT molecular complexity index is 766. The predicted octanol–water partition coefficient (Wildman–Crippen LogP) is 3.67. The number of hydrogen-bond acceptors (Lipinski definition) is 4. The Kier molecular flexibility index (Phi) is 4.10. The Morgan fingerprint density at radius 3 is 2.71 bits per heavy atom. The Labute approximate surface area is 126 Å². The molecule has 1 aromatic carbocycles. The van der Waals surface area contributed by atoms with Crippen LogP contribution in [0.3, 0.4) is 0 Å². The fourth-order valence-corrected chi connectivity index (χ4v) is 2.17. The highest BCUT2D eigenvalue weighted by molar-refractivity contribution is 6.33. The van der Waals surface area contributed by atoms with Crippen LogP contribution in [0.1, 0.15) is 27.2 Å². The highest BCUT2D eigenvalue weighted by atomic mass is 35.5. The number of carbonyl (C=O) groups is 1. The number of halogens is 1. The summed E-state index contributed by atoms with van der Waals surface area (Å²) in [4.78, 5) is 15.4. The summed E-state index contributed by atoms with van der Waals surface area (Å²) in [6.45, 7) is 3.65. The molecule has 6 heteroatoms. The first kappa shape index (κ1) is 14.8. The van der Waals surface area contributed by atoms with E-state index in [0.29, 0.717) is 17.1 Å². The number of carboxylic acid groups (broad SMARTS) is 1. The third-order valence-electron chi connectivity index (χ3n) is 2.92. The van der Waals surface area contributed by atoms with Gasteiger partial charge in [-0.05, 0) is 43.7 Å². The summed E-state index contributed by atoms with van der Waals surface area (Å²) in [6, 6.07) is 8.44. The second kappa shape index (κ2) is 5.81. The molecule has 0 aliphatic heterocycles. The Morgan fingerprint density at radius 2 is 2.10 bits per heavy atom. The molecule has 2 N–H and O–H groups in total. The predicted molar refractivity (Wildman–Crippen MR) is 80.1 cm³/mol. The van der Waals surface area contributed by atoms with Crippen molar-refractivity contribution < 1.29 is 9.90 Å². The number of nitrogens with one attached hydrogen (secondary N) is 1. The van der Waals surface area contributed by atoms with Crippen molar-refractivity contribution >= 4 is 29.1 Å². The zero-order valence-corrected chi connectivity index (χ0v) is 12.2. The zero-order chi connectivity index (χ0) is 15.6. The molecule has 0 fully saturated rings. The highest BCUT2D eigenvalue weighted by Crippen LogP contribution is 2.25. The molecule has 0 spiro atoms. The molecule has 0 unspecified atom stereocenters. The number of anilines is 2. The minimum absolute atomic E-state index is 0.00968. The molecule has 2 rings (SSSR count). The van der Waals surface area contributed by atoms with E-state index >= 15 is 0 Å². The monoisotopic (exact) mass is 301 g/mol. The third kappa shape index (κ3) is 3.12. The largest absolute Gasteiger partial charge is 0.478 e. The van der Waals surface area contributed by atoms with Crippen LogP contribution in [0.25, 0.3) is 0 Å². The lowest BCUT2D eigenvalue weighted by Crippen LogP contribution is -2.03. The quantitative estimate of drug-likeness (QED) is 0.903. The smallest absolute Gasteiger partial charge is 0.337 e. The average molecular weight is 302 g/mol. The van der Waals surface area contributed by atoms with Gasteiger partial charge in [0.25, 0.3) is 0 Å². The normalized spacial score (nSPS) is 10.0. The number of nitriles is 1. The van der Waals surface area contributed by atoms with Crippen molar-refractivity contribution in [1.82, 2.24) is 4.98 Å². The van der Waals surface area contributed by atoms with Crippen molar-refractivity contribution in [2.24, 2.45) is 0 Å². The van der Waals surface area contributed by atoms with E-state index in [1.807, 2.05) is 19.9 Å². The lowest BCUT2D eigenvalue weighted by Gasteiger charge is -2.11. The van der Waals surface area contributed by atoms with E-state index in [4.69, 9.17) is 16.7 Å². The number of pyridine rings is 1. The van der Waals surface area contributed by atoms with Gasteiger partial charge >= 0.3 is 5.97 Å². The lowest BCUT2D eigenvalue weighted by atomic mass is 10.1. The highest BCUT2D eigenvalue weighted by Gasteiger charge is 2.12. The molecule has 0 bridgehead atoms. The fourth-order valence-electron chi connectivity index (χ4n) is 1.97. The number of aromatic carboxylic acids is 1. The maximum Gasteiger partial charge on any atom is 0.337 e. The minimum Gasteiger partial charge on any atom is -0.478 e. The maximum atomic E-state index is 11.1. The molecule has 0 saturated carbocycles. The number of hydrogen-bond donors (Lipinski definition) is 2. The molecule has 5 nitrogen and oxygen atoms in total. The van der Waals surface area contributed by atoms with E-state index in [0.717, 1.165) is 11.3 Å². The number of benzene rings is 1. The molecular weight excluding hydrogens is 290 g/mol. The van der Waals surface area contributed by atoms with Crippen LogP contribution < -0.4 is 5.32 Å². The molecule has 1 heterocycles. The minimum atomic E-state index is -1.11. The summed E-state index contributed by atoms with van der Waals surface area (Å²) >= 11 is 5.83. The summed E-state index contributed by atoms with van der Waals surface area (Å²) < 4.78 is 0. The standard InChI is InChI=1S/C15H12ClN3O2/c1-8-5-9(2)18-14(12(8)7-17)19-10-3-4-13(16)11(6-10)15(20)21/h3-6H,1-2H3,(H,18,19)(H,20,21). The van der Waals surface area contributed by atoms with Crippen LogP contribution in [-0.4, -0.2) is 16.1 Å². The number of carboxylic acids is 1. The molecule has 2 aromatic rings. The van der Waals surface area contributed by atoms with E-state index in [1.54, 1.807) is 6.07 Å². The van der Waals surface area contributed by atoms with Gasteiger partial charge in [-0.15, -0.1) is 0 Å². The summed E-state index contributed by atoms with van der Waals surface area (Å²) in [5, 5.41) is 21.4. The SMILES string of the molecule is Cc1cc(C)c(C#N)c(Nc2ccc(Cl)c(C(=O)O)c2)n1. The van der Waals surface area contributed by atoms with Gasteiger partial charge in [-0.25, -0.2) is 9.78 Å². The molecule has 0 saturated heterocycles. The second-order valence-corrected chi connectivity index (χ2v) is 4.95. The van der Waals surface area contributed by atoms with Crippen LogP contribution in [0.5, 0.6) is 0 Å². The van der Waals surface area contributed by atoms with E-state index in [9.17, 15) is 10.1 Å². The molecule has 0 aliphatic rings. The van der Waals surface area contributed by atoms with Crippen LogP contribution >= 0.6 is 11.6 Å². The summed E-state index contributed by atoms with van der Waals surface area (Å²) in [5.41, 5.74) is 2.49. The van der Waals surface area contributed by atoms with Gasteiger partial charge in [0.2, 0.25) is 0 Å². The Balaban J connectivity index is 2.46. The van der Waals surface area contributed by atoms with E-state index in [-0.39, 0.29) is 10.6 Å². The van der Waals surface area contributed by atoms with Gasteiger partial charge in [0.1, 0.15) is 11.9 Å². The van der Waals surface area contributed by atoms with Crippen molar-refractivity contribution in [3.8, 4) is 6.07 Å². The molecule has 1 aromatic heterocycles. The van der Waals surface area contributed by atoms with Crippen molar-refractivity contribution in [3.63, 3.8) is 0 Å². The van der Waals surface area contributed by atoms with Crippen molar-refractivity contribution in [3.05, 3.63) is 51.7 Å². The lowest BCUT2D eigenvalue weighted by molar-refractivity contribution is 0.0697. The Hall–Kier alpha value is -2.58. The molecular formula is C15H12ClN3O2. The zero-order valence-electron chi connectivity index (χ0n) is 11.4. The van der Waals surface area contributed by atoms with E-state index in [1.165, 1.54) is 12.1 Å². The number of nitrogens with zero attached hydrogens (tertiary/aromatic N) is 2. The summed E-state index contributed by atoms with van der Waals surface area (Å²) in [7, 11) is 0. The Morgan fingerprint density at radius 1 is 1.38 bits per heavy atom. The van der Waals surface area contributed by atoms with Crippen LogP contribution in [-0.2, 0) is 0 Å². The summed E-state index contributed by atoms with van der Waals surface area (Å²) in [5.74, 6) is -0.716. The third-order valence-corrected chi connectivity index (χ3v) is 3.25. The van der Waals surface area contributed by atoms with Gasteiger partial charge < -0.3 is 10.4 Å². The van der Waals surface area contributed by atoms with E-state index < -0.39 is 5.97 Å². The van der Waals surface area contributed by atoms with Gasteiger partial charge in [-0.1, -0.05) is 11.6 Å². The van der Waals surface area contributed by atoms with Crippen molar-refractivity contribution in [1.29, 1.82) is 5.26 Å². The van der Waals surface area contributed by atoms with Crippen molar-refractivity contribution in [2.75, 3.05) is 5.32 Å². The summed E-state index contributed by atoms with van der Waals surface area (Å²) in [6.07, 6.45) is 0. The van der Waals surface area contributed by atoms with Crippen LogP contribution in [0.15, 0.2) is 24.3 Å². The van der Waals surface area contributed by atoms with E-state index in [2.05, 4.69) is 16.4 Å².